The Morgan fingerprint density at radius 3 is 3.05 bits per heavy atom. The van der Waals surface area contributed by atoms with E-state index in [2.05, 4.69) is 4.98 Å². The average molecular weight is 355 g/mol. The summed E-state index contributed by atoms with van der Waals surface area (Å²) in [5.41, 5.74) is 8.48. The Morgan fingerprint density at radius 2 is 2.41 bits per heavy atom. The molecule has 1 fully saturated rings. The molecule has 0 bridgehead atoms. The maximum Gasteiger partial charge on any atom is 0.353 e. The lowest BCUT2D eigenvalue weighted by atomic mass is 10.1. The first-order valence-corrected chi connectivity index (χ1v) is 9.21. The van der Waals surface area contributed by atoms with Crippen molar-refractivity contribution in [2.24, 2.45) is 5.73 Å². The number of thioether (sulfide) groups is 2. The van der Waals surface area contributed by atoms with Gasteiger partial charge in [0.15, 0.2) is 0 Å². The Bertz CT molecular complexity index is 698. The third-order valence-corrected chi connectivity index (χ3v) is 6.66. The monoisotopic (exact) mass is 355 g/mol. The van der Waals surface area contributed by atoms with Crippen molar-refractivity contribution in [1.29, 1.82) is 0 Å². The lowest BCUT2D eigenvalue weighted by Crippen LogP contribution is -2.68. The van der Waals surface area contributed by atoms with Gasteiger partial charge in [-0.1, -0.05) is 11.8 Å². The van der Waals surface area contributed by atoms with E-state index < -0.39 is 12.0 Å². The number of β-lactam (4-membered cyclic amide) rings is 1. The van der Waals surface area contributed by atoms with Crippen LogP contribution in [-0.4, -0.2) is 44.0 Å². The molecule has 0 aromatic carbocycles. The molecular weight excluding hydrogens is 342 g/mol. The summed E-state index contributed by atoms with van der Waals surface area (Å²) in [5.74, 6) is -0.870. The number of carbonyl (C=O) groups is 2. The third-order valence-electron chi connectivity index (χ3n) is 3.39. The summed E-state index contributed by atoms with van der Waals surface area (Å²) >= 11 is 4.35. The molecule has 3 rings (SSSR count). The molecule has 1 aromatic heterocycles. The second kappa shape index (κ2) is 6.07. The Hall–Kier alpha value is -1.29. The SMILES string of the molecule is Cc1ncsc1/C=C\SC1=C(C(=O)O)N2C(=O)[C@@H](N)[C@H]2SC1. The number of amides is 1. The Kier molecular flexibility index (Phi) is 4.31. The van der Waals surface area contributed by atoms with E-state index >= 15 is 0 Å². The van der Waals surface area contributed by atoms with Crippen LogP contribution in [0.4, 0.5) is 0 Å². The van der Waals surface area contributed by atoms with Gasteiger partial charge in [0.1, 0.15) is 17.1 Å². The van der Waals surface area contributed by atoms with Crippen LogP contribution < -0.4 is 5.73 Å². The van der Waals surface area contributed by atoms with Crippen molar-refractivity contribution in [3.8, 4) is 0 Å². The van der Waals surface area contributed by atoms with Crippen molar-refractivity contribution >= 4 is 52.8 Å². The van der Waals surface area contributed by atoms with Crippen molar-refractivity contribution in [1.82, 2.24) is 9.88 Å². The number of nitrogens with zero attached hydrogens (tertiary/aromatic N) is 2. The minimum atomic E-state index is -1.09. The van der Waals surface area contributed by atoms with E-state index in [-0.39, 0.29) is 17.0 Å². The highest BCUT2D eigenvalue weighted by molar-refractivity contribution is 8.08. The molecule has 0 saturated carbocycles. The van der Waals surface area contributed by atoms with Gasteiger partial charge in [0.25, 0.3) is 0 Å². The molecule has 0 spiro atoms. The number of fused-ring (bicyclic) bond motifs is 1. The van der Waals surface area contributed by atoms with Gasteiger partial charge in [-0.2, -0.15) is 0 Å². The van der Waals surface area contributed by atoms with Crippen LogP contribution in [0.25, 0.3) is 6.08 Å². The number of aryl methyl sites for hydroxylation is 1. The number of carbonyl (C=O) groups excluding carboxylic acids is 1. The van der Waals surface area contributed by atoms with Crippen molar-refractivity contribution in [2.75, 3.05) is 5.75 Å². The molecule has 6 nitrogen and oxygen atoms in total. The van der Waals surface area contributed by atoms with Crippen molar-refractivity contribution in [3.05, 3.63) is 32.1 Å². The molecule has 3 heterocycles. The van der Waals surface area contributed by atoms with E-state index in [9.17, 15) is 14.7 Å². The number of carboxylic acids is 1. The highest BCUT2D eigenvalue weighted by Gasteiger charge is 2.51. The first-order chi connectivity index (χ1) is 10.5. The van der Waals surface area contributed by atoms with E-state index in [0.717, 1.165) is 10.6 Å². The largest absolute Gasteiger partial charge is 0.477 e. The minimum absolute atomic E-state index is 0.0612. The van der Waals surface area contributed by atoms with E-state index in [0.29, 0.717) is 10.7 Å². The molecular formula is C13H13N3O3S3. The van der Waals surface area contributed by atoms with E-state index in [1.807, 2.05) is 18.4 Å². The van der Waals surface area contributed by atoms with Gasteiger partial charge in [0.2, 0.25) is 5.91 Å². The average Bonchev–Trinajstić information content (AvgIpc) is 2.91. The van der Waals surface area contributed by atoms with Crippen LogP contribution in [0.15, 0.2) is 21.5 Å². The smallest absolute Gasteiger partial charge is 0.353 e. The molecule has 0 unspecified atom stereocenters. The Balaban J connectivity index is 1.81. The van der Waals surface area contributed by atoms with Gasteiger partial charge in [-0.05, 0) is 18.4 Å². The fourth-order valence-electron chi connectivity index (χ4n) is 2.23. The maximum absolute atomic E-state index is 11.8. The van der Waals surface area contributed by atoms with Gasteiger partial charge in [0.05, 0.1) is 16.1 Å². The van der Waals surface area contributed by atoms with E-state index in [1.54, 1.807) is 5.51 Å². The lowest BCUT2D eigenvalue weighted by molar-refractivity contribution is -0.147. The van der Waals surface area contributed by atoms with E-state index in [4.69, 9.17) is 5.73 Å². The number of nitrogens with two attached hydrogens (primary N) is 1. The molecule has 22 heavy (non-hydrogen) atoms. The number of aromatic nitrogens is 1. The highest BCUT2D eigenvalue weighted by Crippen LogP contribution is 2.43. The maximum atomic E-state index is 11.8. The van der Waals surface area contributed by atoms with Crippen LogP contribution in [0.3, 0.4) is 0 Å². The normalized spacial score (nSPS) is 24.6. The molecule has 0 aliphatic carbocycles. The lowest BCUT2D eigenvalue weighted by Gasteiger charge is -2.47. The molecule has 2 aliphatic heterocycles. The van der Waals surface area contributed by atoms with Crippen molar-refractivity contribution < 1.29 is 14.7 Å². The predicted octanol–water partition coefficient (Wildman–Crippen LogP) is 1.69. The summed E-state index contributed by atoms with van der Waals surface area (Å²) in [6, 6.07) is -0.596. The molecule has 1 aromatic rings. The van der Waals surface area contributed by atoms with Crippen LogP contribution in [-0.2, 0) is 9.59 Å². The summed E-state index contributed by atoms with van der Waals surface area (Å²) in [5, 5.41) is 11.0. The Morgan fingerprint density at radius 1 is 1.64 bits per heavy atom. The van der Waals surface area contributed by atoms with Gasteiger partial charge in [-0.3, -0.25) is 9.69 Å². The second-order valence-electron chi connectivity index (χ2n) is 4.74. The molecule has 0 radical (unpaired) electrons. The third kappa shape index (κ3) is 2.58. The van der Waals surface area contributed by atoms with Gasteiger partial charge in [-0.25, -0.2) is 9.78 Å². The standard InChI is InChI=1S/C13H13N3O3S3/c1-6-7(22-5-15-6)2-3-20-8-4-21-12-9(14)11(17)16(12)10(8)13(18)19/h2-3,5,9,12H,4,14H2,1H3,(H,18,19)/b3-2-/t9-,12-/m1/s1. The fraction of sp³-hybridized carbons (Fsp3) is 0.308. The molecule has 3 N–H and O–H groups in total. The molecule has 1 amide bonds. The van der Waals surface area contributed by atoms with Gasteiger partial charge in [0, 0.05) is 10.7 Å². The molecule has 116 valence electrons. The van der Waals surface area contributed by atoms with Crippen molar-refractivity contribution in [3.63, 3.8) is 0 Å². The fourth-order valence-corrected chi connectivity index (χ4v) is 5.29. The second-order valence-corrected chi connectivity index (χ2v) is 7.73. The molecule has 9 heteroatoms. The quantitative estimate of drug-likeness (QED) is 0.793. The van der Waals surface area contributed by atoms with Gasteiger partial charge < -0.3 is 10.8 Å². The van der Waals surface area contributed by atoms with Crippen molar-refractivity contribution in [2.45, 2.75) is 18.3 Å². The first kappa shape index (κ1) is 15.6. The van der Waals surface area contributed by atoms with E-state index in [1.165, 1.54) is 39.8 Å². The summed E-state index contributed by atoms with van der Waals surface area (Å²) in [6.45, 7) is 1.92. The van der Waals surface area contributed by atoms with Gasteiger partial charge >= 0.3 is 5.97 Å². The highest BCUT2D eigenvalue weighted by atomic mass is 32.2. The zero-order valence-electron chi connectivity index (χ0n) is 11.6. The van der Waals surface area contributed by atoms with Crippen LogP contribution in [0.2, 0.25) is 0 Å². The number of hydrogen-bond acceptors (Lipinski definition) is 7. The topological polar surface area (TPSA) is 96.5 Å². The molecule has 1 saturated heterocycles. The number of rotatable bonds is 4. The first-order valence-electron chi connectivity index (χ1n) is 6.40. The zero-order chi connectivity index (χ0) is 15.9. The van der Waals surface area contributed by atoms with Crippen LogP contribution in [0.5, 0.6) is 0 Å². The summed E-state index contributed by atoms with van der Waals surface area (Å²) in [6.07, 6.45) is 1.91. The zero-order valence-corrected chi connectivity index (χ0v) is 14.0. The number of carboxylic acid groups (broad SMARTS) is 1. The Labute approximate surface area is 139 Å². The summed E-state index contributed by atoms with van der Waals surface area (Å²) < 4.78 is 0. The summed E-state index contributed by atoms with van der Waals surface area (Å²) in [4.78, 5) is 30.5. The predicted molar refractivity (Wildman–Crippen MR) is 89.2 cm³/mol. The molecule has 2 atom stereocenters. The number of aliphatic carboxylic acids is 1. The summed E-state index contributed by atoms with van der Waals surface area (Å²) in [7, 11) is 0. The number of hydrogen-bond donors (Lipinski definition) is 2. The minimum Gasteiger partial charge on any atom is -0.477 e. The van der Waals surface area contributed by atoms with Crippen LogP contribution >= 0.6 is 34.9 Å². The molecule has 2 aliphatic rings. The van der Waals surface area contributed by atoms with Crippen LogP contribution in [0, 0.1) is 6.92 Å². The van der Waals surface area contributed by atoms with Gasteiger partial charge in [-0.15, -0.1) is 23.1 Å². The van der Waals surface area contributed by atoms with Crippen LogP contribution in [0.1, 0.15) is 10.6 Å². The number of thiazole rings is 1.